The highest BCUT2D eigenvalue weighted by Gasteiger charge is 2.11. The number of sulfonamides is 1. The van der Waals surface area contributed by atoms with Crippen LogP contribution in [0.4, 0.5) is 5.69 Å². The Morgan fingerprint density at radius 1 is 1.30 bits per heavy atom. The van der Waals surface area contributed by atoms with Gasteiger partial charge >= 0.3 is 0 Å². The molecule has 1 rings (SSSR count). The van der Waals surface area contributed by atoms with Gasteiger partial charge in [0.05, 0.1) is 10.6 Å². The molecule has 0 heterocycles. The number of benzene rings is 1. The van der Waals surface area contributed by atoms with Crippen molar-refractivity contribution in [1.29, 1.82) is 0 Å². The molecule has 0 fully saturated rings. The first-order valence-corrected chi connectivity index (χ1v) is 8.80. The summed E-state index contributed by atoms with van der Waals surface area (Å²) >= 11 is 3.23. The van der Waals surface area contributed by atoms with Crippen LogP contribution in [0.1, 0.15) is 39.0 Å². The molecule has 0 aliphatic heterocycles. The Labute approximate surface area is 128 Å². The van der Waals surface area contributed by atoms with Crippen molar-refractivity contribution in [2.24, 2.45) is 5.14 Å². The number of amides is 1. The van der Waals surface area contributed by atoms with Crippen molar-refractivity contribution >= 4 is 37.5 Å². The molecule has 112 valence electrons. The summed E-state index contributed by atoms with van der Waals surface area (Å²) in [6.45, 7) is 2.12. The summed E-state index contributed by atoms with van der Waals surface area (Å²) in [5.74, 6) is -0.0786. The van der Waals surface area contributed by atoms with Crippen LogP contribution >= 0.6 is 15.9 Å². The highest BCUT2D eigenvalue weighted by molar-refractivity contribution is 9.10. The van der Waals surface area contributed by atoms with Gasteiger partial charge in [-0.2, -0.15) is 0 Å². The van der Waals surface area contributed by atoms with E-state index in [1.54, 1.807) is 0 Å². The molecule has 0 saturated carbocycles. The van der Waals surface area contributed by atoms with Gasteiger partial charge in [0, 0.05) is 10.9 Å². The zero-order valence-corrected chi connectivity index (χ0v) is 13.8. The van der Waals surface area contributed by atoms with Gasteiger partial charge in [0.25, 0.3) is 0 Å². The molecule has 7 heteroatoms. The van der Waals surface area contributed by atoms with Crippen LogP contribution in [0, 0.1) is 0 Å². The molecule has 0 aromatic heterocycles. The fraction of sp³-hybridized carbons (Fsp3) is 0.462. The van der Waals surface area contributed by atoms with Crippen LogP contribution in [0.15, 0.2) is 27.6 Å². The maximum atomic E-state index is 11.7. The number of primary sulfonamides is 1. The number of nitrogens with one attached hydrogen (secondary N) is 1. The molecule has 1 aromatic rings. The molecule has 0 spiro atoms. The van der Waals surface area contributed by atoms with E-state index < -0.39 is 10.0 Å². The molecule has 5 nitrogen and oxygen atoms in total. The van der Waals surface area contributed by atoms with Crippen molar-refractivity contribution in [2.45, 2.75) is 43.9 Å². The first-order chi connectivity index (χ1) is 9.34. The second-order valence-electron chi connectivity index (χ2n) is 4.55. The zero-order valence-electron chi connectivity index (χ0n) is 11.4. The van der Waals surface area contributed by atoms with Crippen molar-refractivity contribution in [3.05, 3.63) is 22.7 Å². The molecule has 0 radical (unpaired) electrons. The van der Waals surface area contributed by atoms with E-state index >= 15 is 0 Å². The number of anilines is 1. The van der Waals surface area contributed by atoms with E-state index in [1.165, 1.54) is 18.2 Å². The van der Waals surface area contributed by atoms with Crippen LogP contribution < -0.4 is 10.5 Å². The van der Waals surface area contributed by atoms with Crippen LogP contribution in [0.25, 0.3) is 0 Å². The average Bonchev–Trinajstić information content (AvgIpc) is 2.36. The first-order valence-electron chi connectivity index (χ1n) is 6.46. The van der Waals surface area contributed by atoms with Crippen LogP contribution in [0.3, 0.4) is 0 Å². The van der Waals surface area contributed by atoms with Crippen LogP contribution in [-0.4, -0.2) is 14.3 Å². The van der Waals surface area contributed by atoms with Gasteiger partial charge in [0.2, 0.25) is 15.9 Å². The third kappa shape index (κ3) is 5.60. The van der Waals surface area contributed by atoms with Gasteiger partial charge in [-0.1, -0.05) is 26.2 Å². The number of carbonyl (C=O) groups is 1. The molecule has 20 heavy (non-hydrogen) atoms. The molecule has 0 unspecified atom stereocenters. The predicted molar refractivity (Wildman–Crippen MR) is 82.9 cm³/mol. The van der Waals surface area contributed by atoms with Gasteiger partial charge in [-0.25, -0.2) is 13.6 Å². The molecule has 3 N–H and O–H groups in total. The quantitative estimate of drug-likeness (QED) is 0.730. The lowest BCUT2D eigenvalue weighted by molar-refractivity contribution is -0.116. The normalized spacial score (nSPS) is 11.3. The average molecular weight is 363 g/mol. The maximum absolute atomic E-state index is 11.7. The van der Waals surface area contributed by atoms with Gasteiger partial charge < -0.3 is 5.32 Å². The summed E-state index contributed by atoms with van der Waals surface area (Å²) < 4.78 is 22.9. The van der Waals surface area contributed by atoms with Gasteiger partial charge in [-0.15, -0.1) is 0 Å². The molecule has 0 bridgehead atoms. The number of rotatable bonds is 7. The maximum Gasteiger partial charge on any atom is 0.238 e. The van der Waals surface area contributed by atoms with Gasteiger partial charge in [0.1, 0.15) is 0 Å². The van der Waals surface area contributed by atoms with E-state index in [2.05, 4.69) is 28.2 Å². The minimum Gasteiger partial charge on any atom is -0.325 e. The number of hydrogen-bond donors (Lipinski definition) is 2. The van der Waals surface area contributed by atoms with E-state index in [1.807, 2.05) is 0 Å². The topological polar surface area (TPSA) is 89.3 Å². The third-order valence-corrected chi connectivity index (χ3v) is 4.37. The minimum absolute atomic E-state index is 0.00493. The summed E-state index contributed by atoms with van der Waals surface area (Å²) in [5.41, 5.74) is 0.540. The van der Waals surface area contributed by atoms with Crippen molar-refractivity contribution in [3.63, 3.8) is 0 Å². The molecule has 0 aliphatic carbocycles. The zero-order chi connectivity index (χ0) is 15.2. The molecular formula is C13H19BrN2O3S. The highest BCUT2D eigenvalue weighted by Crippen LogP contribution is 2.25. The monoisotopic (exact) mass is 362 g/mol. The Morgan fingerprint density at radius 2 is 2.00 bits per heavy atom. The Kier molecular flexibility index (Phi) is 6.64. The Hall–Kier alpha value is -0.920. The lowest BCUT2D eigenvalue weighted by Crippen LogP contribution is -2.14. The van der Waals surface area contributed by atoms with Gasteiger partial charge in [-0.05, 0) is 40.5 Å². The lowest BCUT2D eigenvalue weighted by Gasteiger charge is -2.08. The third-order valence-electron chi connectivity index (χ3n) is 2.80. The predicted octanol–water partition coefficient (Wildman–Crippen LogP) is 3.01. The molecule has 1 aromatic carbocycles. The summed E-state index contributed by atoms with van der Waals surface area (Å²) in [6.07, 6.45) is 4.60. The summed E-state index contributed by atoms with van der Waals surface area (Å²) in [4.78, 5) is 11.7. The molecule has 0 saturated heterocycles. The largest absolute Gasteiger partial charge is 0.325 e. The summed E-state index contributed by atoms with van der Waals surface area (Å²) in [6, 6.07) is 4.27. The van der Waals surface area contributed by atoms with E-state index in [9.17, 15) is 13.2 Å². The number of halogens is 1. The SMILES string of the molecule is CCCCCCC(=O)Nc1ccc(S(N)(=O)=O)cc1Br. The first kappa shape index (κ1) is 17.1. The van der Waals surface area contributed by atoms with Crippen LogP contribution in [0.5, 0.6) is 0 Å². The second kappa shape index (κ2) is 7.75. The summed E-state index contributed by atoms with van der Waals surface area (Å²) in [5, 5.41) is 7.78. The van der Waals surface area contributed by atoms with E-state index in [4.69, 9.17) is 5.14 Å². The van der Waals surface area contributed by atoms with E-state index in [0.717, 1.165) is 25.7 Å². The Morgan fingerprint density at radius 3 is 2.55 bits per heavy atom. The van der Waals surface area contributed by atoms with Crippen molar-refractivity contribution in [3.8, 4) is 0 Å². The fourth-order valence-corrected chi connectivity index (χ4v) is 2.87. The molecule has 0 atom stereocenters. The number of unbranched alkanes of at least 4 members (excludes halogenated alkanes) is 3. The highest BCUT2D eigenvalue weighted by atomic mass is 79.9. The summed E-state index contributed by atoms with van der Waals surface area (Å²) in [7, 11) is -3.73. The van der Waals surface area contributed by atoms with E-state index in [-0.39, 0.29) is 10.8 Å². The van der Waals surface area contributed by atoms with Crippen molar-refractivity contribution < 1.29 is 13.2 Å². The molecule has 1 amide bonds. The van der Waals surface area contributed by atoms with Gasteiger partial charge in [-0.3, -0.25) is 4.79 Å². The van der Waals surface area contributed by atoms with Crippen molar-refractivity contribution in [2.75, 3.05) is 5.32 Å². The minimum atomic E-state index is -3.73. The fourth-order valence-electron chi connectivity index (χ4n) is 1.70. The van der Waals surface area contributed by atoms with Crippen LogP contribution in [-0.2, 0) is 14.8 Å². The van der Waals surface area contributed by atoms with Crippen LogP contribution in [0.2, 0.25) is 0 Å². The Balaban J connectivity index is 2.63. The number of carbonyl (C=O) groups excluding carboxylic acids is 1. The van der Waals surface area contributed by atoms with Crippen molar-refractivity contribution in [1.82, 2.24) is 0 Å². The number of nitrogens with two attached hydrogens (primary N) is 1. The second-order valence-corrected chi connectivity index (χ2v) is 6.96. The number of hydrogen-bond acceptors (Lipinski definition) is 3. The smallest absolute Gasteiger partial charge is 0.238 e. The van der Waals surface area contributed by atoms with Gasteiger partial charge in [0.15, 0.2) is 0 Å². The molecule has 0 aliphatic rings. The standard InChI is InChI=1S/C13H19BrN2O3S/c1-2-3-4-5-6-13(17)16-12-8-7-10(9-11(12)14)20(15,18)19/h7-9H,2-6H2,1H3,(H,16,17)(H2,15,18,19). The van der Waals surface area contributed by atoms with E-state index in [0.29, 0.717) is 16.6 Å². The molecular weight excluding hydrogens is 344 g/mol. The lowest BCUT2D eigenvalue weighted by atomic mass is 10.1. The Bertz CT molecular complexity index is 573.